The standard InChI is InChI=1S/C64H65BN2O2/c1-37(2)43-32-53-58-54(33-43)67(59-38(3)28-45(29-39(59)4)63(9,10)11)61-57(49-34-44(62(6,7)8)25-27-56(49)69-61)65(58)51-31-42(50-36-68-55-23-19-18-22-47(50)55)24-26-52(51)66(53)60-40(5)30-46(64(12,13)14)35-48(60)41-20-16-15-17-21-41/h15-37H,1-14H3. The number of benzene rings is 7. The molecule has 0 unspecified atom stereocenters. The summed E-state index contributed by atoms with van der Waals surface area (Å²) < 4.78 is 13.7. The lowest BCUT2D eigenvalue weighted by molar-refractivity contribution is 0.588. The zero-order valence-electron chi connectivity index (χ0n) is 43.1. The number of rotatable bonds is 5. The Morgan fingerprint density at radius 3 is 1.74 bits per heavy atom. The third-order valence-electron chi connectivity index (χ3n) is 15.1. The van der Waals surface area contributed by atoms with E-state index in [4.69, 9.17) is 8.83 Å². The molecule has 69 heavy (non-hydrogen) atoms. The molecule has 0 atom stereocenters. The van der Waals surface area contributed by atoms with Crippen LogP contribution in [-0.2, 0) is 16.2 Å². The van der Waals surface area contributed by atoms with E-state index in [1.165, 1.54) is 94.9 Å². The maximum Gasteiger partial charge on any atom is 0.257 e. The van der Waals surface area contributed by atoms with Crippen molar-refractivity contribution in [1.29, 1.82) is 0 Å². The fraction of sp³-hybridized carbons (Fsp3) is 0.281. The minimum absolute atomic E-state index is 0.00919. The van der Waals surface area contributed by atoms with Crippen LogP contribution in [0.15, 0.2) is 142 Å². The highest BCUT2D eigenvalue weighted by Crippen LogP contribution is 2.52. The first-order chi connectivity index (χ1) is 32.7. The molecule has 2 aliphatic heterocycles. The summed E-state index contributed by atoms with van der Waals surface area (Å²) in [6.45, 7) is 32.2. The summed E-state index contributed by atoms with van der Waals surface area (Å²) in [5.41, 5.74) is 24.8. The van der Waals surface area contributed by atoms with E-state index >= 15 is 0 Å². The topological polar surface area (TPSA) is 32.8 Å². The summed E-state index contributed by atoms with van der Waals surface area (Å²) in [6, 6.07) is 48.2. The fourth-order valence-electron chi connectivity index (χ4n) is 11.3. The first kappa shape index (κ1) is 44.8. The van der Waals surface area contributed by atoms with Gasteiger partial charge in [0.15, 0.2) is 0 Å². The molecule has 4 nitrogen and oxygen atoms in total. The summed E-state index contributed by atoms with van der Waals surface area (Å²) in [5, 5.41) is 2.27. The van der Waals surface area contributed by atoms with E-state index in [0.29, 0.717) is 0 Å². The van der Waals surface area contributed by atoms with Crippen molar-refractivity contribution in [3.63, 3.8) is 0 Å². The van der Waals surface area contributed by atoms with Crippen molar-refractivity contribution >= 4 is 79.4 Å². The van der Waals surface area contributed by atoms with Gasteiger partial charge in [-0.1, -0.05) is 161 Å². The van der Waals surface area contributed by atoms with Gasteiger partial charge in [0.25, 0.3) is 6.71 Å². The average molecular weight is 905 g/mol. The van der Waals surface area contributed by atoms with Gasteiger partial charge in [0, 0.05) is 44.4 Å². The van der Waals surface area contributed by atoms with Crippen LogP contribution in [0.25, 0.3) is 44.2 Å². The lowest BCUT2D eigenvalue weighted by Gasteiger charge is -2.44. The number of hydrogen-bond acceptors (Lipinski definition) is 4. The Balaban J connectivity index is 1.32. The minimum Gasteiger partial charge on any atom is -0.464 e. The van der Waals surface area contributed by atoms with E-state index in [-0.39, 0.29) is 28.9 Å². The van der Waals surface area contributed by atoms with Crippen LogP contribution in [0.4, 0.5) is 34.3 Å². The molecule has 346 valence electrons. The number of hydrogen-bond donors (Lipinski definition) is 0. The summed E-state index contributed by atoms with van der Waals surface area (Å²) in [5.74, 6) is 1.14. The van der Waals surface area contributed by atoms with Crippen molar-refractivity contribution in [3.8, 4) is 22.3 Å². The molecule has 0 bridgehead atoms. The zero-order chi connectivity index (χ0) is 48.6. The molecular formula is C64H65BN2O2. The predicted molar refractivity (Wildman–Crippen MR) is 295 cm³/mol. The van der Waals surface area contributed by atoms with Crippen molar-refractivity contribution in [3.05, 3.63) is 173 Å². The van der Waals surface area contributed by atoms with Crippen molar-refractivity contribution < 1.29 is 8.83 Å². The lowest BCUT2D eigenvalue weighted by Crippen LogP contribution is -2.61. The van der Waals surface area contributed by atoms with Gasteiger partial charge in [-0.2, -0.15) is 0 Å². The van der Waals surface area contributed by atoms with Gasteiger partial charge in [-0.15, -0.1) is 0 Å². The molecule has 9 aromatic rings. The monoisotopic (exact) mass is 905 g/mol. The Morgan fingerprint density at radius 2 is 1.09 bits per heavy atom. The smallest absolute Gasteiger partial charge is 0.257 e. The van der Waals surface area contributed by atoms with Crippen molar-refractivity contribution in [1.82, 2.24) is 0 Å². The molecule has 0 saturated carbocycles. The molecular weight excluding hydrogens is 840 g/mol. The van der Waals surface area contributed by atoms with E-state index in [1.54, 1.807) is 0 Å². The van der Waals surface area contributed by atoms with Gasteiger partial charge in [0.2, 0.25) is 5.88 Å². The van der Waals surface area contributed by atoms with E-state index in [2.05, 4.69) is 228 Å². The van der Waals surface area contributed by atoms with Gasteiger partial charge in [-0.25, -0.2) is 0 Å². The van der Waals surface area contributed by atoms with Crippen LogP contribution >= 0.6 is 0 Å². The van der Waals surface area contributed by atoms with Crippen LogP contribution in [0.5, 0.6) is 0 Å². The number of anilines is 6. The number of para-hydroxylation sites is 1. The quantitative estimate of drug-likeness (QED) is 0.161. The molecule has 0 aliphatic carbocycles. The van der Waals surface area contributed by atoms with Crippen molar-refractivity contribution in [2.75, 3.05) is 9.80 Å². The van der Waals surface area contributed by atoms with Gasteiger partial charge in [-0.3, -0.25) is 4.90 Å². The van der Waals surface area contributed by atoms with Crippen LogP contribution in [0.1, 0.15) is 121 Å². The van der Waals surface area contributed by atoms with Crippen LogP contribution in [0.2, 0.25) is 0 Å². The molecule has 0 fully saturated rings. The SMILES string of the molecule is Cc1cc(C(C)(C)C)cc(C)c1N1c2cc(C(C)C)cc3c2B(c2cc(-c4coc5ccccc45)ccc2N3c2c(C)cc(C(C)(C)C)cc2-c2ccccc2)c2c1oc1ccc(C(C)(C)C)cc21. The third-order valence-corrected chi connectivity index (χ3v) is 15.1. The van der Waals surface area contributed by atoms with Gasteiger partial charge in [0.05, 0.1) is 17.6 Å². The van der Waals surface area contributed by atoms with E-state index < -0.39 is 0 Å². The van der Waals surface area contributed by atoms with Crippen LogP contribution in [0.3, 0.4) is 0 Å². The Morgan fingerprint density at radius 1 is 0.478 bits per heavy atom. The molecule has 0 saturated heterocycles. The molecule has 11 rings (SSSR count). The van der Waals surface area contributed by atoms with E-state index in [9.17, 15) is 0 Å². The molecule has 0 amide bonds. The Hall–Kier alpha value is -6.72. The van der Waals surface area contributed by atoms with E-state index in [1.807, 2.05) is 12.3 Å². The number of nitrogens with zero attached hydrogens (tertiary/aromatic N) is 2. The molecule has 0 spiro atoms. The Kier molecular flexibility index (Phi) is 10.2. The second-order valence-corrected chi connectivity index (χ2v) is 23.4. The van der Waals surface area contributed by atoms with Crippen LogP contribution in [0, 0.1) is 20.8 Å². The molecule has 2 aliphatic rings. The summed E-state index contributed by atoms with van der Waals surface area (Å²) in [6.07, 6.45) is 1.94. The molecule has 7 aromatic carbocycles. The molecule has 0 N–H and O–H groups in total. The highest BCUT2D eigenvalue weighted by Gasteiger charge is 2.48. The lowest BCUT2D eigenvalue weighted by atomic mass is 9.33. The first-order valence-electron chi connectivity index (χ1n) is 25.0. The number of aryl methyl sites for hydroxylation is 3. The summed E-state index contributed by atoms with van der Waals surface area (Å²) in [4.78, 5) is 5.14. The average Bonchev–Trinajstić information content (AvgIpc) is 3.90. The van der Waals surface area contributed by atoms with Gasteiger partial charge < -0.3 is 13.7 Å². The van der Waals surface area contributed by atoms with Crippen LogP contribution < -0.4 is 26.2 Å². The second kappa shape index (κ2) is 15.7. The maximum absolute atomic E-state index is 7.41. The number of fused-ring (bicyclic) bond motifs is 7. The first-order valence-corrected chi connectivity index (χ1v) is 25.0. The summed E-state index contributed by atoms with van der Waals surface area (Å²) >= 11 is 0. The fourth-order valence-corrected chi connectivity index (χ4v) is 11.3. The zero-order valence-corrected chi connectivity index (χ0v) is 43.1. The normalized spacial score (nSPS) is 13.7. The third kappa shape index (κ3) is 7.17. The highest BCUT2D eigenvalue weighted by atomic mass is 16.4. The van der Waals surface area contributed by atoms with E-state index in [0.717, 1.165) is 38.9 Å². The maximum atomic E-state index is 7.41. The van der Waals surface area contributed by atoms with Gasteiger partial charge in [0.1, 0.15) is 11.2 Å². The van der Waals surface area contributed by atoms with Crippen molar-refractivity contribution in [2.24, 2.45) is 0 Å². The Bertz CT molecular complexity index is 3510. The van der Waals surface area contributed by atoms with Gasteiger partial charge in [-0.05, 0) is 146 Å². The van der Waals surface area contributed by atoms with Gasteiger partial charge >= 0.3 is 0 Å². The molecule has 0 radical (unpaired) electrons. The molecule has 5 heteroatoms. The van der Waals surface area contributed by atoms with Crippen molar-refractivity contribution in [2.45, 2.75) is 119 Å². The van der Waals surface area contributed by atoms with Crippen LogP contribution in [-0.4, -0.2) is 6.71 Å². The highest BCUT2D eigenvalue weighted by molar-refractivity contribution is 7.01. The predicted octanol–water partition coefficient (Wildman–Crippen LogP) is 16.5. The minimum atomic E-state index is -0.160. The number of furan rings is 2. The molecule has 2 aromatic heterocycles. The molecule has 4 heterocycles. The second-order valence-electron chi connectivity index (χ2n) is 23.4. The Labute approximate surface area is 410 Å². The summed E-state index contributed by atoms with van der Waals surface area (Å²) in [7, 11) is 0. The largest absolute Gasteiger partial charge is 0.464 e.